The molecule has 17 heavy (non-hydrogen) atoms. The van der Waals surface area contributed by atoms with Crippen molar-refractivity contribution in [3.8, 4) is 0 Å². The average molecular weight is 247 g/mol. The SMILES string of the molecule is CC(C)(C)OC(=O)[C@](C)(C(=O)O)C(N)CCO. The Labute approximate surface area is 101 Å². The highest BCUT2D eigenvalue weighted by Crippen LogP contribution is 2.27. The first kappa shape index (κ1) is 15.9. The molecule has 0 aliphatic heterocycles. The summed E-state index contributed by atoms with van der Waals surface area (Å²) in [4.78, 5) is 23.1. The second-order valence-corrected chi connectivity index (χ2v) is 5.13. The molecule has 0 amide bonds. The van der Waals surface area contributed by atoms with Crippen molar-refractivity contribution in [1.29, 1.82) is 0 Å². The van der Waals surface area contributed by atoms with Crippen LogP contribution < -0.4 is 5.73 Å². The van der Waals surface area contributed by atoms with Crippen molar-refractivity contribution in [2.24, 2.45) is 11.1 Å². The first-order valence-corrected chi connectivity index (χ1v) is 5.39. The van der Waals surface area contributed by atoms with E-state index in [0.717, 1.165) is 0 Å². The number of carboxylic acids is 1. The number of carbonyl (C=O) groups excluding carboxylic acids is 1. The fourth-order valence-corrected chi connectivity index (χ4v) is 1.21. The lowest BCUT2D eigenvalue weighted by Crippen LogP contribution is -2.53. The predicted molar refractivity (Wildman–Crippen MR) is 61.3 cm³/mol. The molecular formula is C11H21NO5. The normalized spacial score (nSPS) is 17.1. The van der Waals surface area contributed by atoms with E-state index < -0.39 is 29.0 Å². The predicted octanol–water partition coefficient (Wildman–Crippen LogP) is 0.129. The third kappa shape index (κ3) is 3.98. The minimum absolute atomic E-state index is 0.0159. The second kappa shape index (κ2) is 5.46. The van der Waals surface area contributed by atoms with Crippen molar-refractivity contribution in [1.82, 2.24) is 0 Å². The van der Waals surface area contributed by atoms with Crippen LogP contribution in [0.5, 0.6) is 0 Å². The van der Waals surface area contributed by atoms with Gasteiger partial charge in [-0.05, 0) is 34.1 Å². The van der Waals surface area contributed by atoms with E-state index in [-0.39, 0.29) is 13.0 Å². The van der Waals surface area contributed by atoms with Gasteiger partial charge in [-0.1, -0.05) is 0 Å². The van der Waals surface area contributed by atoms with Crippen molar-refractivity contribution < 1.29 is 24.5 Å². The van der Waals surface area contributed by atoms with Crippen LogP contribution in [0.2, 0.25) is 0 Å². The number of hydrogen-bond acceptors (Lipinski definition) is 5. The summed E-state index contributed by atoms with van der Waals surface area (Å²) >= 11 is 0. The maximum Gasteiger partial charge on any atom is 0.325 e. The molecule has 0 fully saturated rings. The highest BCUT2D eigenvalue weighted by molar-refractivity contribution is 5.99. The summed E-state index contributed by atoms with van der Waals surface area (Å²) in [5.74, 6) is -2.24. The fraction of sp³-hybridized carbons (Fsp3) is 0.818. The average Bonchev–Trinajstić information content (AvgIpc) is 2.13. The molecule has 0 aromatic carbocycles. The summed E-state index contributed by atoms with van der Waals surface area (Å²) in [7, 11) is 0. The smallest absolute Gasteiger partial charge is 0.325 e. The quantitative estimate of drug-likeness (QED) is 0.470. The van der Waals surface area contributed by atoms with Gasteiger partial charge in [0.05, 0.1) is 0 Å². The Bertz CT molecular complexity index is 297. The molecule has 0 saturated carbocycles. The van der Waals surface area contributed by atoms with E-state index in [9.17, 15) is 9.59 Å². The summed E-state index contributed by atoms with van der Waals surface area (Å²) < 4.78 is 5.05. The number of carbonyl (C=O) groups is 2. The number of nitrogens with two attached hydrogens (primary N) is 1. The van der Waals surface area contributed by atoms with Gasteiger partial charge >= 0.3 is 11.9 Å². The zero-order valence-electron chi connectivity index (χ0n) is 10.7. The minimum atomic E-state index is -1.85. The van der Waals surface area contributed by atoms with Gasteiger partial charge in [-0.2, -0.15) is 0 Å². The van der Waals surface area contributed by atoms with Crippen molar-refractivity contribution in [3.63, 3.8) is 0 Å². The largest absolute Gasteiger partial charge is 0.480 e. The Morgan fingerprint density at radius 1 is 1.29 bits per heavy atom. The van der Waals surface area contributed by atoms with Crippen LogP contribution >= 0.6 is 0 Å². The van der Waals surface area contributed by atoms with E-state index in [1.807, 2.05) is 0 Å². The molecule has 6 nitrogen and oxygen atoms in total. The van der Waals surface area contributed by atoms with Gasteiger partial charge in [-0.25, -0.2) is 0 Å². The Hall–Kier alpha value is -1.14. The highest BCUT2D eigenvalue weighted by atomic mass is 16.6. The summed E-state index contributed by atoms with van der Waals surface area (Å²) in [6.07, 6.45) is 0.0159. The highest BCUT2D eigenvalue weighted by Gasteiger charge is 2.49. The van der Waals surface area contributed by atoms with E-state index in [0.29, 0.717) is 0 Å². The second-order valence-electron chi connectivity index (χ2n) is 5.13. The Balaban J connectivity index is 5.08. The molecule has 0 aliphatic carbocycles. The van der Waals surface area contributed by atoms with Gasteiger partial charge in [0.15, 0.2) is 5.41 Å². The van der Waals surface area contributed by atoms with Crippen LogP contribution in [0, 0.1) is 5.41 Å². The zero-order chi connectivity index (χ0) is 13.9. The molecule has 0 bridgehead atoms. The topological polar surface area (TPSA) is 110 Å². The Morgan fingerprint density at radius 3 is 2.06 bits per heavy atom. The van der Waals surface area contributed by atoms with Crippen molar-refractivity contribution in [2.45, 2.75) is 45.8 Å². The molecule has 100 valence electrons. The van der Waals surface area contributed by atoms with Gasteiger partial charge in [-0.3, -0.25) is 9.59 Å². The van der Waals surface area contributed by atoms with Gasteiger partial charge in [0, 0.05) is 12.6 Å². The molecule has 0 aromatic heterocycles. The van der Waals surface area contributed by atoms with Gasteiger partial charge in [0.1, 0.15) is 5.60 Å². The first-order valence-electron chi connectivity index (χ1n) is 5.39. The molecule has 2 atom stereocenters. The first-order chi connectivity index (χ1) is 7.55. The molecule has 0 saturated heterocycles. The van der Waals surface area contributed by atoms with E-state index in [4.69, 9.17) is 20.7 Å². The van der Waals surface area contributed by atoms with E-state index in [1.165, 1.54) is 6.92 Å². The number of rotatable bonds is 5. The number of aliphatic hydroxyl groups is 1. The number of aliphatic carboxylic acids is 1. The number of ether oxygens (including phenoxy) is 1. The summed E-state index contributed by atoms with van der Waals surface area (Å²) in [6.45, 7) is 5.86. The zero-order valence-corrected chi connectivity index (χ0v) is 10.7. The lowest BCUT2D eigenvalue weighted by atomic mass is 9.81. The lowest BCUT2D eigenvalue weighted by molar-refractivity contribution is -0.177. The molecule has 0 aromatic rings. The summed E-state index contributed by atoms with van der Waals surface area (Å²) in [5, 5.41) is 17.9. The monoisotopic (exact) mass is 247 g/mol. The molecule has 4 N–H and O–H groups in total. The van der Waals surface area contributed by atoms with E-state index in [2.05, 4.69) is 0 Å². The third-order valence-electron chi connectivity index (χ3n) is 2.45. The minimum Gasteiger partial charge on any atom is -0.480 e. The van der Waals surface area contributed by atoms with Gasteiger partial charge in [0.25, 0.3) is 0 Å². The third-order valence-corrected chi connectivity index (χ3v) is 2.45. The summed E-state index contributed by atoms with van der Waals surface area (Å²) in [6, 6.07) is -1.00. The van der Waals surface area contributed by atoms with Crippen LogP contribution in [0.1, 0.15) is 34.1 Å². The molecule has 0 spiro atoms. The maximum atomic E-state index is 11.9. The van der Waals surface area contributed by atoms with Gasteiger partial charge in [-0.15, -0.1) is 0 Å². The van der Waals surface area contributed by atoms with E-state index in [1.54, 1.807) is 20.8 Å². The fourth-order valence-electron chi connectivity index (χ4n) is 1.21. The molecule has 6 heteroatoms. The Kier molecular flexibility index (Phi) is 5.10. The van der Waals surface area contributed by atoms with Crippen molar-refractivity contribution in [2.75, 3.05) is 6.61 Å². The number of aliphatic hydroxyl groups excluding tert-OH is 1. The van der Waals surface area contributed by atoms with Crippen LogP contribution in [-0.2, 0) is 14.3 Å². The molecule has 0 radical (unpaired) electrons. The molecule has 0 aliphatic rings. The Morgan fingerprint density at radius 2 is 1.76 bits per heavy atom. The standard InChI is InChI=1S/C11H21NO5/c1-10(2,3)17-9(16)11(4,8(14)15)7(12)5-6-13/h7,13H,5-6,12H2,1-4H3,(H,14,15)/t7?,11-/m0/s1. The maximum absolute atomic E-state index is 11.9. The lowest BCUT2D eigenvalue weighted by Gasteiger charge is -2.32. The summed E-state index contributed by atoms with van der Waals surface area (Å²) in [5.41, 5.74) is 3.01. The van der Waals surface area contributed by atoms with Crippen LogP contribution in [0.25, 0.3) is 0 Å². The van der Waals surface area contributed by atoms with E-state index >= 15 is 0 Å². The van der Waals surface area contributed by atoms with Gasteiger partial charge in [0.2, 0.25) is 0 Å². The van der Waals surface area contributed by atoms with Crippen LogP contribution in [0.3, 0.4) is 0 Å². The number of esters is 1. The van der Waals surface area contributed by atoms with Crippen LogP contribution in [-0.4, -0.2) is 40.4 Å². The number of carboxylic acid groups (broad SMARTS) is 1. The molecular weight excluding hydrogens is 226 g/mol. The number of hydrogen-bond donors (Lipinski definition) is 3. The molecule has 0 rings (SSSR count). The van der Waals surface area contributed by atoms with Crippen molar-refractivity contribution >= 4 is 11.9 Å². The van der Waals surface area contributed by atoms with Crippen LogP contribution in [0.15, 0.2) is 0 Å². The van der Waals surface area contributed by atoms with Crippen molar-refractivity contribution in [3.05, 3.63) is 0 Å². The van der Waals surface area contributed by atoms with Crippen LogP contribution in [0.4, 0.5) is 0 Å². The molecule has 0 heterocycles. The molecule has 1 unspecified atom stereocenters. The van der Waals surface area contributed by atoms with Gasteiger partial charge < -0.3 is 20.7 Å².